The maximum Gasteiger partial charge on any atom is 0.264 e. The molecule has 28 heavy (non-hydrogen) atoms. The molecular weight excluding hydrogens is 444 g/mol. The van der Waals surface area contributed by atoms with Gasteiger partial charge in [-0.1, -0.05) is 24.6 Å². The van der Waals surface area contributed by atoms with Gasteiger partial charge < -0.3 is 10.1 Å². The summed E-state index contributed by atoms with van der Waals surface area (Å²) in [6.45, 7) is 5.44. The van der Waals surface area contributed by atoms with Crippen molar-refractivity contribution in [2.75, 3.05) is 18.0 Å². The number of rotatable bonds is 8. The SMILES string of the molecule is CCC(C)NC(=O)CN(c1ccc(C)cc1)S(=O)(=O)c1ccc(OC)c(Br)c1. The number of aryl methyl sites for hydroxylation is 1. The molecule has 0 aromatic heterocycles. The summed E-state index contributed by atoms with van der Waals surface area (Å²) in [7, 11) is -2.46. The standard InChI is InChI=1S/C20H25BrN2O4S/c1-5-15(3)22-20(24)13-23(16-8-6-14(2)7-9-16)28(25,26)17-10-11-19(27-4)18(21)12-17/h6-12,15H,5,13H2,1-4H3,(H,22,24). The van der Waals surface area contributed by atoms with Gasteiger partial charge >= 0.3 is 0 Å². The first-order valence-corrected chi connectivity index (χ1v) is 11.1. The first-order valence-electron chi connectivity index (χ1n) is 8.91. The lowest BCUT2D eigenvalue weighted by Crippen LogP contribution is -2.43. The molecule has 0 fully saturated rings. The smallest absolute Gasteiger partial charge is 0.264 e. The minimum absolute atomic E-state index is 0.0368. The van der Waals surface area contributed by atoms with Crippen molar-refractivity contribution in [3.63, 3.8) is 0 Å². The van der Waals surface area contributed by atoms with Gasteiger partial charge in [0, 0.05) is 6.04 Å². The third-order valence-corrected chi connectivity index (χ3v) is 6.73. The van der Waals surface area contributed by atoms with Crippen LogP contribution >= 0.6 is 15.9 Å². The Morgan fingerprint density at radius 3 is 2.39 bits per heavy atom. The highest BCUT2D eigenvalue weighted by Gasteiger charge is 2.28. The second kappa shape index (κ2) is 9.43. The Morgan fingerprint density at radius 1 is 1.21 bits per heavy atom. The van der Waals surface area contributed by atoms with E-state index < -0.39 is 10.0 Å². The second-order valence-electron chi connectivity index (χ2n) is 6.52. The highest BCUT2D eigenvalue weighted by Crippen LogP contribution is 2.30. The van der Waals surface area contributed by atoms with Crippen LogP contribution in [0.5, 0.6) is 5.75 Å². The molecule has 0 aliphatic rings. The van der Waals surface area contributed by atoms with E-state index in [9.17, 15) is 13.2 Å². The van der Waals surface area contributed by atoms with Crippen molar-refractivity contribution in [2.24, 2.45) is 0 Å². The Kier molecular flexibility index (Phi) is 7.48. The van der Waals surface area contributed by atoms with Gasteiger partial charge in [0.15, 0.2) is 0 Å². The van der Waals surface area contributed by atoms with Gasteiger partial charge in [0.25, 0.3) is 10.0 Å². The van der Waals surface area contributed by atoms with Gasteiger partial charge in [-0.2, -0.15) is 0 Å². The largest absolute Gasteiger partial charge is 0.496 e. The number of nitrogens with zero attached hydrogens (tertiary/aromatic N) is 1. The van der Waals surface area contributed by atoms with Crippen LogP contribution < -0.4 is 14.4 Å². The number of halogens is 1. The van der Waals surface area contributed by atoms with Crippen molar-refractivity contribution >= 4 is 37.5 Å². The van der Waals surface area contributed by atoms with E-state index in [-0.39, 0.29) is 23.4 Å². The highest BCUT2D eigenvalue weighted by atomic mass is 79.9. The number of hydrogen-bond donors (Lipinski definition) is 1. The van der Waals surface area contributed by atoms with Gasteiger partial charge in [-0.05, 0) is 66.5 Å². The Labute approximate surface area is 175 Å². The predicted molar refractivity (Wildman–Crippen MR) is 114 cm³/mol. The maximum absolute atomic E-state index is 13.3. The molecule has 0 aliphatic heterocycles. The van der Waals surface area contributed by atoms with Gasteiger partial charge in [0.05, 0.1) is 22.2 Å². The zero-order chi connectivity index (χ0) is 20.9. The predicted octanol–water partition coefficient (Wildman–Crippen LogP) is 3.88. The number of benzene rings is 2. The summed E-state index contributed by atoms with van der Waals surface area (Å²) in [6, 6.07) is 11.5. The summed E-state index contributed by atoms with van der Waals surface area (Å²) in [6.07, 6.45) is 0.758. The van der Waals surface area contributed by atoms with E-state index in [0.717, 1.165) is 16.3 Å². The van der Waals surface area contributed by atoms with Crippen LogP contribution in [0.2, 0.25) is 0 Å². The van der Waals surface area contributed by atoms with Crippen molar-refractivity contribution < 1.29 is 17.9 Å². The second-order valence-corrected chi connectivity index (χ2v) is 9.24. The number of amides is 1. The van der Waals surface area contributed by atoms with Crippen LogP contribution in [0.4, 0.5) is 5.69 Å². The molecule has 0 aliphatic carbocycles. The zero-order valence-electron chi connectivity index (χ0n) is 16.4. The van der Waals surface area contributed by atoms with E-state index in [4.69, 9.17) is 4.74 Å². The molecule has 0 saturated heterocycles. The molecule has 1 unspecified atom stereocenters. The maximum atomic E-state index is 13.3. The molecule has 0 saturated carbocycles. The molecule has 2 aromatic rings. The van der Waals surface area contributed by atoms with Gasteiger partial charge in [-0.15, -0.1) is 0 Å². The highest BCUT2D eigenvalue weighted by molar-refractivity contribution is 9.10. The lowest BCUT2D eigenvalue weighted by Gasteiger charge is -2.25. The number of hydrogen-bond acceptors (Lipinski definition) is 4. The molecule has 0 spiro atoms. The lowest BCUT2D eigenvalue weighted by atomic mass is 10.2. The first kappa shape index (κ1) is 22.2. The van der Waals surface area contributed by atoms with Crippen LogP contribution in [0.3, 0.4) is 0 Å². The Balaban J connectivity index is 2.45. The van der Waals surface area contributed by atoms with Gasteiger partial charge in [0.1, 0.15) is 12.3 Å². The third kappa shape index (κ3) is 5.26. The van der Waals surface area contributed by atoms with Crippen LogP contribution in [0.15, 0.2) is 51.8 Å². The molecule has 8 heteroatoms. The monoisotopic (exact) mass is 468 g/mol. The Morgan fingerprint density at radius 2 is 1.86 bits per heavy atom. The molecular formula is C20H25BrN2O4S. The summed E-state index contributed by atoms with van der Waals surface area (Å²) < 4.78 is 33.5. The van der Waals surface area contributed by atoms with E-state index in [2.05, 4.69) is 21.2 Å². The number of carbonyl (C=O) groups excluding carboxylic acids is 1. The molecule has 0 heterocycles. The van der Waals surface area contributed by atoms with E-state index in [1.54, 1.807) is 18.2 Å². The van der Waals surface area contributed by atoms with Gasteiger partial charge in [-0.3, -0.25) is 9.10 Å². The molecule has 0 radical (unpaired) electrons. The average Bonchev–Trinajstić information content (AvgIpc) is 2.66. The minimum Gasteiger partial charge on any atom is -0.496 e. The molecule has 1 atom stereocenters. The summed E-state index contributed by atoms with van der Waals surface area (Å²) in [5, 5.41) is 2.82. The van der Waals surface area contributed by atoms with E-state index in [1.165, 1.54) is 19.2 Å². The molecule has 1 amide bonds. The van der Waals surface area contributed by atoms with E-state index in [0.29, 0.717) is 15.9 Å². The number of methoxy groups -OCH3 is 1. The van der Waals surface area contributed by atoms with Gasteiger partial charge in [0.2, 0.25) is 5.91 Å². The topological polar surface area (TPSA) is 75.7 Å². The molecule has 2 rings (SSSR count). The number of sulfonamides is 1. The third-order valence-electron chi connectivity index (χ3n) is 4.34. The first-order chi connectivity index (χ1) is 13.2. The zero-order valence-corrected chi connectivity index (χ0v) is 18.8. The summed E-state index contributed by atoms with van der Waals surface area (Å²) in [5.41, 5.74) is 1.43. The Hall–Kier alpha value is -2.06. The number of nitrogens with one attached hydrogen (secondary N) is 1. The molecule has 0 bridgehead atoms. The van der Waals surface area contributed by atoms with Crippen LogP contribution in [-0.2, 0) is 14.8 Å². The molecule has 6 nitrogen and oxygen atoms in total. The molecule has 1 N–H and O–H groups in total. The summed E-state index contributed by atoms with van der Waals surface area (Å²) >= 11 is 3.32. The summed E-state index contributed by atoms with van der Waals surface area (Å²) in [5.74, 6) is 0.168. The van der Waals surface area contributed by atoms with Crippen LogP contribution in [0.1, 0.15) is 25.8 Å². The average molecular weight is 469 g/mol. The van der Waals surface area contributed by atoms with Gasteiger partial charge in [-0.25, -0.2) is 8.42 Å². The van der Waals surface area contributed by atoms with Crippen molar-refractivity contribution in [1.82, 2.24) is 5.32 Å². The van der Waals surface area contributed by atoms with E-state index >= 15 is 0 Å². The number of ether oxygens (including phenoxy) is 1. The lowest BCUT2D eigenvalue weighted by molar-refractivity contribution is -0.120. The van der Waals surface area contributed by atoms with Crippen molar-refractivity contribution in [3.05, 3.63) is 52.5 Å². The molecule has 152 valence electrons. The Bertz CT molecular complexity index is 930. The van der Waals surface area contributed by atoms with Crippen molar-refractivity contribution in [2.45, 2.75) is 38.1 Å². The quantitative estimate of drug-likeness (QED) is 0.637. The van der Waals surface area contributed by atoms with Crippen LogP contribution in [-0.4, -0.2) is 34.0 Å². The summed E-state index contributed by atoms with van der Waals surface area (Å²) in [4.78, 5) is 12.5. The van der Waals surface area contributed by atoms with Crippen LogP contribution in [0, 0.1) is 6.92 Å². The van der Waals surface area contributed by atoms with Crippen molar-refractivity contribution in [1.29, 1.82) is 0 Å². The van der Waals surface area contributed by atoms with Crippen LogP contribution in [0.25, 0.3) is 0 Å². The number of carbonyl (C=O) groups is 1. The molecule has 2 aromatic carbocycles. The fourth-order valence-electron chi connectivity index (χ4n) is 2.51. The van der Waals surface area contributed by atoms with E-state index in [1.807, 2.05) is 32.9 Å². The fourth-order valence-corrected chi connectivity index (χ4v) is 4.65. The normalized spacial score (nSPS) is 12.3. The fraction of sp³-hybridized carbons (Fsp3) is 0.350. The minimum atomic E-state index is -3.97. The van der Waals surface area contributed by atoms with Crippen molar-refractivity contribution in [3.8, 4) is 5.75 Å². The number of anilines is 1.